The molecule has 4 rings (SSSR count). The fourth-order valence-corrected chi connectivity index (χ4v) is 4.20. The minimum absolute atomic E-state index is 0.282. The quantitative estimate of drug-likeness (QED) is 0.541. The van der Waals surface area contributed by atoms with Crippen molar-refractivity contribution in [2.75, 3.05) is 5.73 Å². The SMILES string of the molecule is N#Cc1c(N)nc2c(c1-c1ccc(COc3ccccc3Br)o1)CCCCCC2. The molecule has 29 heavy (non-hydrogen) atoms. The number of furan rings is 1. The van der Waals surface area contributed by atoms with Crippen LogP contribution in [-0.2, 0) is 19.4 Å². The fraction of sp³-hybridized carbons (Fsp3) is 0.304. The van der Waals surface area contributed by atoms with Crippen molar-refractivity contribution in [1.29, 1.82) is 5.26 Å². The Morgan fingerprint density at radius 3 is 2.69 bits per heavy atom. The van der Waals surface area contributed by atoms with E-state index in [4.69, 9.17) is 14.9 Å². The summed E-state index contributed by atoms with van der Waals surface area (Å²) in [5, 5.41) is 9.74. The largest absolute Gasteiger partial charge is 0.484 e. The smallest absolute Gasteiger partial charge is 0.146 e. The van der Waals surface area contributed by atoms with Gasteiger partial charge >= 0.3 is 0 Å². The van der Waals surface area contributed by atoms with Crippen LogP contribution in [0, 0.1) is 11.3 Å². The average Bonchev–Trinajstić information content (AvgIpc) is 3.16. The molecule has 3 aromatic rings. The average molecular weight is 452 g/mol. The highest BCUT2D eigenvalue weighted by Gasteiger charge is 2.23. The van der Waals surface area contributed by atoms with Crippen molar-refractivity contribution >= 4 is 21.7 Å². The zero-order valence-corrected chi connectivity index (χ0v) is 17.7. The molecule has 2 heterocycles. The van der Waals surface area contributed by atoms with E-state index in [-0.39, 0.29) is 5.82 Å². The van der Waals surface area contributed by atoms with Gasteiger partial charge in [-0.25, -0.2) is 4.98 Å². The maximum atomic E-state index is 9.74. The van der Waals surface area contributed by atoms with Crippen LogP contribution in [0.2, 0.25) is 0 Å². The second-order valence-corrected chi connectivity index (χ2v) is 8.04. The Morgan fingerprint density at radius 2 is 1.90 bits per heavy atom. The summed E-state index contributed by atoms with van der Waals surface area (Å²) in [6.07, 6.45) is 6.33. The first-order valence-electron chi connectivity index (χ1n) is 9.85. The number of nitrogens with zero attached hydrogens (tertiary/aromatic N) is 2. The molecule has 0 spiro atoms. The first kappa shape index (κ1) is 19.5. The summed E-state index contributed by atoms with van der Waals surface area (Å²) in [6.45, 7) is 0.299. The molecule has 0 radical (unpaired) electrons. The number of halogens is 1. The summed E-state index contributed by atoms with van der Waals surface area (Å²) in [5.41, 5.74) is 9.43. The predicted molar refractivity (Wildman–Crippen MR) is 115 cm³/mol. The summed E-state index contributed by atoms with van der Waals surface area (Å²) in [6, 6.07) is 13.7. The molecule has 2 aromatic heterocycles. The zero-order chi connectivity index (χ0) is 20.2. The van der Waals surface area contributed by atoms with E-state index in [0.29, 0.717) is 23.7 Å². The van der Waals surface area contributed by atoms with E-state index < -0.39 is 0 Å². The summed E-state index contributed by atoms with van der Waals surface area (Å²) in [5.74, 6) is 2.37. The molecule has 1 aliphatic carbocycles. The molecule has 6 heteroatoms. The van der Waals surface area contributed by atoms with Crippen LogP contribution in [0.15, 0.2) is 45.3 Å². The number of hydrogen-bond donors (Lipinski definition) is 1. The van der Waals surface area contributed by atoms with Crippen molar-refractivity contribution in [3.63, 3.8) is 0 Å². The van der Waals surface area contributed by atoms with Gasteiger partial charge in [0.2, 0.25) is 0 Å². The number of rotatable bonds is 4. The highest BCUT2D eigenvalue weighted by molar-refractivity contribution is 9.10. The van der Waals surface area contributed by atoms with Gasteiger partial charge in [-0.15, -0.1) is 0 Å². The van der Waals surface area contributed by atoms with E-state index in [2.05, 4.69) is 27.0 Å². The first-order chi connectivity index (χ1) is 14.2. The van der Waals surface area contributed by atoms with E-state index in [0.717, 1.165) is 52.7 Å². The molecule has 5 nitrogen and oxygen atoms in total. The summed E-state index contributed by atoms with van der Waals surface area (Å²) in [4.78, 5) is 4.55. The van der Waals surface area contributed by atoms with Gasteiger partial charge in [0.1, 0.15) is 41.3 Å². The van der Waals surface area contributed by atoms with Crippen molar-refractivity contribution in [3.8, 4) is 23.1 Å². The molecule has 148 valence electrons. The maximum Gasteiger partial charge on any atom is 0.146 e. The van der Waals surface area contributed by atoms with Crippen molar-refractivity contribution in [3.05, 3.63) is 63.5 Å². The molecule has 0 atom stereocenters. The third-order valence-electron chi connectivity index (χ3n) is 5.23. The molecule has 0 aliphatic heterocycles. The monoisotopic (exact) mass is 451 g/mol. The van der Waals surface area contributed by atoms with Gasteiger partial charge in [-0.1, -0.05) is 25.0 Å². The molecule has 2 N–H and O–H groups in total. The molecular weight excluding hydrogens is 430 g/mol. The third kappa shape index (κ3) is 4.15. The Kier molecular flexibility index (Phi) is 5.86. The highest BCUT2D eigenvalue weighted by atomic mass is 79.9. The van der Waals surface area contributed by atoms with Crippen molar-refractivity contribution in [2.24, 2.45) is 0 Å². The van der Waals surface area contributed by atoms with Crippen LogP contribution in [0.5, 0.6) is 5.75 Å². The number of aryl methyl sites for hydroxylation is 1. The lowest BCUT2D eigenvalue weighted by Crippen LogP contribution is -2.09. The van der Waals surface area contributed by atoms with Crippen LogP contribution in [0.25, 0.3) is 11.3 Å². The molecule has 0 fully saturated rings. The molecular formula is C23H22BrN3O2. The number of nitriles is 1. The molecule has 0 saturated heterocycles. The number of ether oxygens (including phenoxy) is 1. The molecule has 1 aliphatic rings. The van der Waals surface area contributed by atoms with Gasteiger partial charge in [-0.05, 0) is 71.4 Å². The van der Waals surface area contributed by atoms with Crippen molar-refractivity contribution in [2.45, 2.75) is 45.1 Å². The number of anilines is 1. The second-order valence-electron chi connectivity index (χ2n) is 7.18. The van der Waals surface area contributed by atoms with Crippen molar-refractivity contribution in [1.82, 2.24) is 4.98 Å². The van der Waals surface area contributed by atoms with Crippen LogP contribution in [0.1, 0.15) is 48.3 Å². The molecule has 1 aromatic carbocycles. The van der Waals surface area contributed by atoms with Crippen LogP contribution in [0.4, 0.5) is 5.82 Å². The van der Waals surface area contributed by atoms with Gasteiger partial charge in [0.15, 0.2) is 0 Å². The number of nitrogen functional groups attached to an aromatic ring is 1. The lowest BCUT2D eigenvalue weighted by molar-refractivity contribution is 0.270. The number of aromatic nitrogens is 1. The number of nitrogens with two attached hydrogens (primary N) is 1. The van der Waals surface area contributed by atoms with Gasteiger partial charge in [-0.3, -0.25) is 0 Å². The van der Waals surface area contributed by atoms with Gasteiger partial charge in [0.05, 0.1) is 4.47 Å². The van der Waals surface area contributed by atoms with Crippen molar-refractivity contribution < 1.29 is 9.15 Å². The lowest BCUT2D eigenvalue weighted by Gasteiger charge is -2.18. The number of hydrogen-bond acceptors (Lipinski definition) is 5. The summed E-state index contributed by atoms with van der Waals surface area (Å²) in [7, 11) is 0. The van der Waals surface area contributed by atoms with Crippen LogP contribution < -0.4 is 10.5 Å². The van der Waals surface area contributed by atoms with E-state index in [1.165, 1.54) is 12.8 Å². The van der Waals surface area contributed by atoms with Crippen LogP contribution >= 0.6 is 15.9 Å². The van der Waals surface area contributed by atoms with Crippen LogP contribution in [-0.4, -0.2) is 4.98 Å². The Labute approximate surface area is 178 Å². The second kappa shape index (κ2) is 8.71. The van der Waals surface area contributed by atoms with E-state index >= 15 is 0 Å². The minimum Gasteiger partial charge on any atom is -0.484 e. The normalized spacial score (nSPS) is 13.8. The van der Waals surface area contributed by atoms with E-state index in [9.17, 15) is 5.26 Å². The topological polar surface area (TPSA) is 85.1 Å². The molecule has 0 unspecified atom stereocenters. The third-order valence-corrected chi connectivity index (χ3v) is 5.88. The van der Waals surface area contributed by atoms with Gasteiger partial charge in [0, 0.05) is 11.3 Å². The fourth-order valence-electron chi connectivity index (χ4n) is 3.80. The van der Waals surface area contributed by atoms with Gasteiger partial charge in [0.25, 0.3) is 0 Å². The summed E-state index contributed by atoms with van der Waals surface area (Å²) >= 11 is 3.48. The predicted octanol–water partition coefficient (Wildman–Crippen LogP) is 5.80. The van der Waals surface area contributed by atoms with Gasteiger partial charge < -0.3 is 14.9 Å². The minimum atomic E-state index is 0.282. The first-order valence-corrected chi connectivity index (χ1v) is 10.6. The number of para-hydroxylation sites is 1. The number of pyridine rings is 1. The Hall–Kier alpha value is -2.78. The Bertz CT molecular complexity index is 1070. The standard InChI is InChI=1S/C23H22BrN3O2/c24-18-8-5-6-10-20(18)28-14-15-11-12-21(29-15)22-16-7-3-1-2-4-9-19(16)27-23(26)17(22)13-25/h5-6,8,10-12H,1-4,7,9,14H2,(H2,26,27). The van der Waals surface area contributed by atoms with E-state index in [1.54, 1.807) is 0 Å². The highest BCUT2D eigenvalue weighted by Crippen LogP contribution is 2.36. The summed E-state index contributed by atoms with van der Waals surface area (Å²) < 4.78 is 12.8. The number of fused-ring (bicyclic) bond motifs is 1. The molecule has 0 bridgehead atoms. The lowest BCUT2D eigenvalue weighted by atomic mass is 9.90. The van der Waals surface area contributed by atoms with Gasteiger partial charge in [-0.2, -0.15) is 5.26 Å². The molecule has 0 amide bonds. The Balaban J connectivity index is 1.68. The van der Waals surface area contributed by atoms with Crippen LogP contribution in [0.3, 0.4) is 0 Å². The molecule has 0 saturated carbocycles. The number of benzene rings is 1. The Morgan fingerprint density at radius 1 is 1.10 bits per heavy atom. The zero-order valence-electron chi connectivity index (χ0n) is 16.1. The van der Waals surface area contributed by atoms with E-state index in [1.807, 2.05) is 36.4 Å². The maximum absolute atomic E-state index is 9.74.